The molecule has 1 fully saturated rings. The number of rotatable bonds is 8. The summed E-state index contributed by atoms with van der Waals surface area (Å²) in [5.41, 5.74) is 0.371. The zero-order valence-corrected chi connectivity index (χ0v) is 14.7. The zero-order chi connectivity index (χ0) is 19.3. The fourth-order valence-corrected chi connectivity index (χ4v) is 3.24. The molecule has 26 heavy (non-hydrogen) atoms. The molecule has 0 N–H and O–H groups in total. The number of benzene rings is 1. The summed E-state index contributed by atoms with van der Waals surface area (Å²) in [6.07, 6.45) is -0.0151. The maximum atomic E-state index is 12.0. The van der Waals surface area contributed by atoms with E-state index in [4.69, 9.17) is 9.47 Å². The summed E-state index contributed by atoms with van der Waals surface area (Å²) < 4.78 is 9.97. The number of nitrogens with zero attached hydrogens (tertiary/aromatic N) is 1. The van der Waals surface area contributed by atoms with Crippen LogP contribution >= 0.6 is 0 Å². The molecule has 3 atom stereocenters. The molecule has 8 heteroatoms. The van der Waals surface area contributed by atoms with Gasteiger partial charge in [0.1, 0.15) is 11.5 Å². The van der Waals surface area contributed by atoms with E-state index in [-0.39, 0.29) is 36.9 Å². The normalized spacial score (nSPS) is 22.1. The number of nitro groups is 1. The van der Waals surface area contributed by atoms with Crippen LogP contribution < -0.4 is 4.74 Å². The maximum absolute atomic E-state index is 12.0. The van der Waals surface area contributed by atoms with Crippen LogP contribution in [0.1, 0.15) is 30.1 Å². The predicted molar refractivity (Wildman–Crippen MR) is 90.5 cm³/mol. The SMILES string of the molecule is COc1ccc(C(=O)COC(=O)C[C@@H]2C(=O)C[C@@H](C)[C@H]2C[N+](=O)[O-])cc1. The van der Waals surface area contributed by atoms with Crippen molar-refractivity contribution in [3.63, 3.8) is 0 Å². The van der Waals surface area contributed by atoms with Crippen LogP contribution in [0.2, 0.25) is 0 Å². The number of ketones is 2. The van der Waals surface area contributed by atoms with E-state index in [9.17, 15) is 24.5 Å². The smallest absolute Gasteiger partial charge is 0.306 e. The summed E-state index contributed by atoms with van der Waals surface area (Å²) in [4.78, 5) is 46.4. The van der Waals surface area contributed by atoms with E-state index in [0.717, 1.165) is 0 Å². The standard InChI is InChI=1S/C18H21NO7/c1-11-7-16(20)14(15(11)9-19(23)24)8-18(22)26-10-17(21)12-3-5-13(25-2)6-4-12/h3-6,11,14-15H,7-10H2,1-2H3/t11-,14+,15-/m1/s1. The van der Waals surface area contributed by atoms with Crippen LogP contribution in [0.25, 0.3) is 0 Å². The first kappa shape index (κ1) is 19.6. The molecule has 140 valence electrons. The Bertz CT molecular complexity index is 698. The van der Waals surface area contributed by atoms with Crippen LogP contribution in [-0.4, -0.2) is 42.7 Å². The number of ether oxygens (including phenoxy) is 2. The van der Waals surface area contributed by atoms with Crippen molar-refractivity contribution in [2.24, 2.45) is 17.8 Å². The molecular weight excluding hydrogens is 342 g/mol. The number of methoxy groups -OCH3 is 1. The molecule has 0 aliphatic heterocycles. The van der Waals surface area contributed by atoms with Gasteiger partial charge in [0.05, 0.1) is 13.5 Å². The Morgan fingerprint density at radius 3 is 2.50 bits per heavy atom. The average molecular weight is 363 g/mol. The highest BCUT2D eigenvalue weighted by atomic mass is 16.6. The first-order valence-electron chi connectivity index (χ1n) is 8.29. The zero-order valence-electron chi connectivity index (χ0n) is 14.7. The molecule has 1 aromatic rings. The Balaban J connectivity index is 1.89. The lowest BCUT2D eigenvalue weighted by Crippen LogP contribution is -2.28. The van der Waals surface area contributed by atoms with Gasteiger partial charge >= 0.3 is 5.97 Å². The van der Waals surface area contributed by atoms with Gasteiger partial charge in [0.2, 0.25) is 6.54 Å². The molecular formula is C18H21NO7. The van der Waals surface area contributed by atoms with Crippen molar-refractivity contribution in [3.8, 4) is 5.75 Å². The lowest BCUT2D eigenvalue weighted by Gasteiger charge is -2.16. The number of esters is 1. The molecule has 0 spiro atoms. The summed E-state index contributed by atoms with van der Waals surface area (Å²) in [7, 11) is 1.51. The van der Waals surface area contributed by atoms with Gasteiger partial charge in [-0.05, 0) is 30.2 Å². The van der Waals surface area contributed by atoms with Crippen LogP contribution in [0.4, 0.5) is 0 Å². The van der Waals surface area contributed by atoms with Crippen LogP contribution in [0.15, 0.2) is 24.3 Å². The van der Waals surface area contributed by atoms with Crippen LogP contribution in [-0.2, 0) is 14.3 Å². The van der Waals surface area contributed by atoms with Crippen molar-refractivity contribution in [3.05, 3.63) is 39.9 Å². The summed E-state index contributed by atoms with van der Waals surface area (Å²) in [5, 5.41) is 10.8. The van der Waals surface area contributed by atoms with Gasteiger partial charge in [0, 0.05) is 28.7 Å². The minimum absolute atomic E-state index is 0.147. The fraction of sp³-hybridized carbons (Fsp3) is 0.500. The molecule has 0 saturated heterocycles. The van der Waals surface area contributed by atoms with E-state index in [0.29, 0.717) is 11.3 Å². The molecule has 0 unspecified atom stereocenters. The Labute approximate surface area is 150 Å². The minimum atomic E-state index is -0.723. The van der Waals surface area contributed by atoms with Gasteiger partial charge in [-0.3, -0.25) is 24.5 Å². The largest absolute Gasteiger partial charge is 0.497 e. The monoisotopic (exact) mass is 363 g/mol. The highest BCUT2D eigenvalue weighted by Crippen LogP contribution is 2.36. The molecule has 0 heterocycles. The topological polar surface area (TPSA) is 113 Å². The number of carbonyl (C=O) groups is 3. The second kappa shape index (κ2) is 8.55. The number of hydrogen-bond acceptors (Lipinski definition) is 7. The Morgan fingerprint density at radius 2 is 1.92 bits per heavy atom. The van der Waals surface area contributed by atoms with Gasteiger partial charge in [-0.1, -0.05) is 6.92 Å². The first-order chi connectivity index (χ1) is 12.3. The van der Waals surface area contributed by atoms with Crippen molar-refractivity contribution in [1.82, 2.24) is 0 Å². The van der Waals surface area contributed by atoms with Crippen LogP contribution in [0.5, 0.6) is 5.75 Å². The van der Waals surface area contributed by atoms with Gasteiger partial charge in [-0.25, -0.2) is 0 Å². The molecule has 1 aliphatic carbocycles. The second-order valence-corrected chi connectivity index (χ2v) is 6.45. The fourth-order valence-electron chi connectivity index (χ4n) is 3.24. The molecule has 1 saturated carbocycles. The molecule has 8 nitrogen and oxygen atoms in total. The molecule has 0 amide bonds. The van der Waals surface area contributed by atoms with Crippen molar-refractivity contribution in [2.45, 2.75) is 19.8 Å². The van der Waals surface area contributed by atoms with E-state index in [1.54, 1.807) is 31.2 Å². The van der Waals surface area contributed by atoms with Crippen LogP contribution in [0, 0.1) is 27.9 Å². The van der Waals surface area contributed by atoms with E-state index in [1.807, 2.05) is 0 Å². The maximum Gasteiger partial charge on any atom is 0.306 e. The number of hydrogen-bond donors (Lipinski definition) is 0. The second-order valence-electron chi connectivity index (χ2n) is 6.45. The van der Waals surface area contributed by atoms with E-state index < -0.39 is 29.3 Å². The quantitative estimate of drug-likeness (QED) is 0.300. The first-order valence-corrected chi connectivity index (χ1v) is 8.29. The Hall–Kier alpha value is -2.77. The minimum Gasteiger partial charge on any atom is -0.497 e. The highest BCUT2D eigenvalue weighted by molar-refractivity contribution is 5.98. The van der Waals surface area contributed by atoms with Gasteiger partial charge < -0.3 is 9.47 Å². The van der Waals surface area contributed by atoms with E-state index in [1.165, 1.54) is 7.11 Å². The third-order valence-corrected chi connectivity index (χ3v) is 4.71. The van der Waals surface area contributed by atoms with Crippen molar-refractivity contribution < 1.29 is 28.8 Å². The molecule has 0 radical (unpaired) electrons. The van der Waals surface area contributed by atoms with Gasteiger partial charge in [0.15, 0.2) is 12.4 Å². The highest BCUT2D eigenvalue weighted by Gasteiger charge is 2.44. The predicted octanol–water partition coefficient (Wildman–Crippen LogP) is 1.93. The summed E-state index contributed by atoms with van der Waals surface area (Å²) in [5.74, 6) is -2.00. The Kier molecular flexibility index (Phi) is 6.43. The lowest BCUT2D eigenvalue weighted by atomic mass is 9.88. The third kappa shape index (κ3) is 4.87. The van der Waals surface area contributed by atoms with Gasteiger partial charge in [-0.2, -0.15) is 0 Å². The molecule has 1 aromatic carbocycles. The average Bonchev–Trinajstić information content (AvgIpc) is 2.86. The summed E-state index contributed by atoms with van der Waals surface area (Å²) in [6, 6.07) is 6.36. The molecule has 1 aliphatic rings. The summed E-state index contributed by atoms with van der Waals surface area (Å²) >= 11 is 0. The van der Waals surface area contributed by atoms with Crippen LogP contribution in [0.3, 0.4) is 0 Å². The molecule has 0 bridgehead atoms. The van der Waals surface area contributed by atoms with Crippen molar-refractivity contribution >= 4 is 17.5 Å². The van der Waals surface area contributed by atoms with Gasteiger partial charge in [-0.15, -0.1) is 0 Å². The number of Topliss-reactive ketones (excluding diaryl/α,β-unsaturated/α-hetero) is 2. The lowest BCUT2D eigenvalue weighted by molar-refractivity contribution is -0.490. The van der Waals surface area contributed by atoms with Crippen molar-refractivity contribution in [2.75, 3.05) is 20.3 Å². The molecule has 2 rings (SSSR count). The van der Waals surface area contributed by atoms with E-state index in [2.05, 4.69) is 0 Å². The molecule has 0 aromatic heterocycles. The summed E-state index contributed by atoms with van der Waals surface area (Å²) in [6.45, 7) is 0.974. The van der Waals surface area contributed by atoms with E-state index >= 15 is 0 Å². The number of carbonyl (C=O) groups excluding carboxylic acids is 3. The van der Waals surface area contributed by atoms with Crippen molar-refractivity contribution in [1.29, 1.82) is 0 Å². The Morgan fingerprint density at radius 1 is 1.27 bits per heavy atom. The third-order valence-electron chi connectivity index (χ3n) is 4.71. The van der Waals surface area contributed by atoms with Gasteiger partial charge in [0.25, 0.3) is 0 Å².